The molecular formula is C12H17N3O3. The quantitative estimate of drug-likeness (QED) is 0.623. The highest BCUT2D eigenvalue weighted by molar-refractivity contribution is 5.89. The van der Waals surface area contributed by atoms with Crippen molar-refractivity contribution in [3.05, 3.63) is 34.4 Å². The van der Waals surface area contributed by atoms with Gasteiger partial charge in [0.2, 0.25) is 0 Å². The van der Waals surface area contributed by atoms with Crippen LogP contribution in [-0.2, 0) is 0 Å². The summed E-state index contributed by atoms with van der Waals surface area (Å²) in [6, 6.07) is 5.56. The first-order chi connectivity index (χ1) is 8.56. The summed E-state index contributed by atoms with van der Waals surface area (Å²) in [6.45, 7) is 4.00. The number of hydrogen-bond donors (Lipinski definition) is 2. The van der Waals surface area contributed by atoms with E-state index in [4.69, 9.17) is 0 Å². The SMILES string of the molecule is CCC(CC)NC(=O)Nc1ccc([N+](=O)[O-])cc1. The third-order valence-electron chi connectivity index (χ3n) is 2.66. The van der Waals surface area contributed by atoms with Gasteiger partial charge >= 0.3 is 6.03 Å². The molecule has 98 valence electrons. The van der Waals surface area contributed by atoms with Gasteiger partial charge in [0.25, 0.3) is 5.69 Å². The molecule has 2 amide bonds. The molecule has 0 aliphatic heterocycles. The van der Waals surface area contributed by atoms with Crippen LogP contribution in [-0.4, -0.2) is 17.0 Å². The second kappa shape index (κ2) is 6.58. The second-order valence-corrected chi connectivity index (χ2v) is 3.92. The highest BCUT2D eigenvalue weighted by Crippen LogP contribution is 2.15. The van der Waals surface area contributed by atoms with Gasteiger partial charge in [0.1, 0.15) is 0 Å². The standard InChI is InChI=1S/C12H17N3O3/c1-3-9(4-2)13-12(16)14-10-5-7-11(8-6-10)15(17)18/h5-9H,3-4H2,1-2H3,(H2,13,14,16). The first kappa shape index (κ1) is 14.0. The number of anilines is 1. The summed E-state index contributed by atoms with van der Waals surface area (Å²) in [6.07, 6.45) is 1.73. The summed E-state index contributed by atoms with van der Waals surface area (Å²) < 4.78 is 0. The molecule has 0 atom stereocenters. The average Bonchev–Trinajstić information content (AvgIpc) is 2.36. The van der Waals surface area contributed by atoms with Crippen LogP contribution in [0.2, 0.25) is 0 Å². The maximum atomic E-state index is 11.6. The van der Waals surface area contributed by atoms with Gasteiger partial charge in [0.15, 0.2) is 0 Å². The number of urea groups is 1. The summed E-state index contributed by atoms with van der Waals surface area (Å²) in [5.41, 5.74) is 0.532. The number of carbonyl (C=O) groups is 1. The normalized spacial score (nSPS) is 10.2. The van der Waals surface area contributed by atoms with Crippen molar-refractivity contribution in [2.75, 3.05) is 5.32 Å². The Bertz CT molecular complexity index is 413. The minimum atomic E-state index is -0.478. The van der Waals surface area contributed by atoms with Gasteiger partial charge in [-0.15, -0.1) is 0 Å². The number of nitro groups is 1. The Morgan fingerprint density at radius 3 is 2.28 bits per heavy atom. The van der Waals surface area contributed by atoms with E-state index >= 15 is 0 Å². The summed E-state index contributed by atoms with van der Waals surface area (Å²) in [7, 11) is 0. The minimum absolute atomic E-state index is 0.000881. The molecule has 0 bridgehead atoms. The van der Waals surface area contributed by atoms with Crippen LogP contribution in [0.3, 0.4) is 0 Å². The number of nitrogens with zero attached hydrogens (tertiary/aromatic N) is 1. The molecule has 0 heterocycles. The van der Waals surface area contributed by atoms with E-state index < -0.39 is 4.92 Å². The molecule has 18 heavy (non-hydrogen) atoms. The van der Waals surface area contributed by atoms with Crippen LogP contribution >= 0.6 is 0 Å². The molecule has 0 aliphatic carbocycles. The summed E-state index contributed by atoms with van der Waals surface area (Å²) >= 11 is 0. The molecular weight excluding hydrogens is 234 g/mol. The Kier molecular flexibility index (Phi) is 5.10. The van der Waals surface area contributed by atoms with Crippen LogP contribution in [0.5, 0.6) is 0 Å². The van der Waals surface area contributed by atoms with Crippen molar-refractivity contribution < 1.29 is 9.72 Å². The summed E-state index contributed by atoms with van der Waals surface area (Å²) in [5, 5.41) is 15.9. The highest BCUT2D eigenvalue weighted by atomic mass is 16.6. The zero-order valence-corrected chi connectivity index (χ0v) is 10.5. The van der Waals surface area contributed by atoms with Crippen molar-refractivity contribution in [2.24, 2.45) is 0 Å². The van der Waals surface area contributed by atoms with Crippen molar-refractivity contribution in [3.63, 3.8) is 0 Å². The van der Waals surface area contributed by atoms with Crippen LogP contribution in [0.4, 0.5) is 16.2 Å². The van der Waals surface area contributed by atoms with E-state index in [1.54, 1.807) is 0 Å². The Hall–Kier alpha value is -2.11. The van der Waals surface area contributed by atoms with E-state index in [1.807, 2.05) is 13.8 Å². The topological polar surface area (TPSA) is 84.3 Å². The molecule has 6 nitrogen and oxygen atoms in total. The number of nitrogens with one attached hydrogen (secondary N) is 2. The van der Waals surface area contributed by atoms with Gasteiger partial charge in [-0.25, -0.2) is 4.79 Å². The van der Waals surface area contributed by atoms with Gasteiger partial charge in [-0.3, -0.25) is 10.1 Å². The predicted molar refractivity (Wildman–Crippen MR) is 69.6 cm³/mol. The number of carbonyl (C=O) groups excluding carboxylic acids is 1. The smallest absolute Gasteiger partial charge is 0.319 e. The Morgan fingerprint density at radius 2 is 1.83 bits per heavy atom. The number of amides is 2. The summed E-state index contributed by atoms with van der Waals surface area (Å²) in [4.78, 5) is 21.6. The van der Waals surface area contributed by atoms with Crippen molar-refractivity contribution in [3.8, 4) is 0 Å². The summed E-state index contributed by atoms with van der Waals surface area (Å²) in [5.74, 6) is 0. The molecule has 1 aromatic rings. The van der Waals surface area contributed by atoms with Crippen LogP contribution in [0.15, 0.2) is 24.3 Å². The van der Waals surface area contributed by atoms with Crippen LogP contribution in [0.25, 0.3) is 0 Å². The molecule has 0 spiro atoms. The lowest BCUT2D eigenvalue weighted by Crippen LogP contribution is -2.37. The molecule has 0 radical (unpaired) electrons. The monoisotopic (exact) mass is 251 g/mol. The lowest BCUT2D eigenvalue weighted by atomic mass is 10.2. The maximum Gasteiger partial charge on any atom is 0.319 e. The molecule has 2 N–H and O–H groups in total. The minimum Gasteiger partial charge on any atom is -0.335 e. The molecule has 0 aliphatic rings. The number of nitro benzene ring substituents is 1. The fourth-order valence-corrected chi connectivity index (χ4v) is 1.51. The maximum absolute atomic E-state index is 11.6. The Morgan fingerprint density at radius 1 is 1.28 bits per heavy atom. The number of benzene rings is 1. The van der Waals surface area contributed by atoms with Gasteiger partial charge in [0.05, 0.1) is 4.92 Å². The Balaban J connectivity index is 2.56. The fraction of sp³-hybridized carbons (Fsp3) is 0.417. The molecule has 0 aromatic heterocycles. The molecule has 0 unspecified atom stereocenters. The first-order valence-corrected chi connectivity index (χ1v) is 5.88. The lowest BCUT2D eigenvalue weighted by Gasteiger charge is -2.15. The van der Waals surface area contributed by atoms with E-state index in [0.29, 0.717) is 5.69 Å². The van der Waals surface area contributed by atoms with Crippen molar-refractivity contribution >= 4 is 17.4 Å². The lowest BCUT2D eigenvalue weighted by molar-refractivity contribution is -0.384. The average molecular weight is 251 g/mol. The van der Waals surface area contributed by atoms with E-state index in [9.17, 15) is 14.9 Å². The zero-order valence-electron chi connectivity index (χ0n) is 10.5. The van der Waals surface area contributed by atoms with Crippen LogP contribution < -0.4 is 10.6 Å². The largest absolute Gasteiger partial charge is 0.335 e. The van der Waals surface area contributed by atoms with Crippen LogP contribution in [0.1, 0.15) is 26.7 Å². The third-order valence-corrected chi connectivity index (χ3v) is 2.66. The van der Waals surface area contributed by atoms with Crippen molar-refractivity contribution in [1.29, 1.82) is 0 Å². The Labute approximate surface area is 106 Å². The number of hydrogen-bond acceptors (Lipinski definition) is 3. The zero-order chi connectivity index (χ0) is 13.5. The molecule has 0 saturated carbocycles. The van der Waals surface area contributed by atoms with E-state index in [1.165, 1.54) is 24.3 Å². The molecule has 6 heteroatoms. The number of rotatable bonds is 5. The molecule has 0 saturated heterocycles. The fourth-order valence-electron chi connectivity index (χ4n) is 1.51. The van der Waals surface area contributed by atoms with Crippen LogP contribution in [0, 0.1) is 10.1 Å². The highest BCUT2D eigenvalue weighted by Gasteiger charge is 2.09. The molecule has 1 aromatic carbocycles. The third kappa shape index (κ3) is 4.04. The number of non-ortho nitro benzene ring substituents is 1. The predicted octanol–water partition coefficient (Wildman–Crippen LogP) is 2.90. The van der Waals surface area contributed by atoms with Crippen molar-refractivity contribution in [2.45, 2.75) is 32.7 Å². The van der Waals surface area contributed by atoms with E-state index in [2.05, 4.69) is 10.6 Å². The van der Waals surface area contributed by atoms with Gasteiger partial charge in [-0.2, -0.15) is 0 Å². The van der Waals surface area contributed by atoms with E-state index in [-0.39, 0.29) is 17.8 Å². The van der Waals surface area contributed by atoms with Crippen molar-refractivity contribution in [1.82, 2.24) is 5.32 Å². The molecule has 0 fully saturated rings. The van der Waals surface area contributed by atoms with Gasteiger partial charge in [-0.1, -0.05) is 13.8 Å². The molecule has 1 rings (SSSR count). The van der Waals surface area contributed by atoms with Gasteiger partial charge in [0, 0.05) is 23.9 Å². The van der Waals surface area contributed by atoms with Gasteiger partial charge in [-0.05, 0) is 25.0 Å². The van der Waals surface area contributed by atoms with Gasteiger partial charge < -0.3 is 10.6 Å². The first-order valence-electron chi connectivity index (χ1n) is 5.88. The second-order valence-electron chi connectivity index (χ2n) is 3.92. The van der Waals surface area contributed by atoms with E-state index in [0.717, 1.165) is 12.8 Å².